The SMILES string of the molecule is C[C@H](O)c1ccc(C#N)cc1Oc1ccc(Cl)cc1Cl. The average molecular weight is 308 g/mol. The maximum Gasteiger partial charge on any atom is 0.146 e. The molecule has 0 saturated heterocycles. The molecule has 2 aromatic carbocycles. The van der Waals surface area contributed by atoms with Crippen LogP contribution in [0.5, 0.6) is 11.5 Å². The van der Waals surface area contributed by atoms with Crippen LogP contribution in [0, 0.1) is 11.3 Å². The topological polar surface area (TPSA) is 53.2 Å². The van der Waals surface area contributed by atoms with E-state index in [1.54, 1.807) is 43.3 Å². The second-order valence-corrected chi connectivity index (χ2v) is 5.06. The van der Waals surface area contributed by atoms with Gasteiger partial charge in [0.25, 0.3) is 0 Å². The van der Waals surface area contributed by atoms with Gasteiger partial charge in [-0.05, 0) is 37.3 Å². The minimum Gasteiger partial charge on any atom is -0.455 e. The summed E-state index contributed by atoms with van der Waals surface area (Å²) in [4.78, 5) is 0. The summed E-state index contributed by atoms with van der Waals surface area (Å²) >= 11 is 11.9. The summed E-state index contributed by atoms with van der Waals surface area (Å²) in [6.07, 6.45) is -0.719. The zero-order chi connectivity index (χ0) is 14.7. The molecule has 102 valence electrons. The monoisotopic (exact) mass is 307 g/mol. The van der Waals surface area contributed by atoms with Crippen molar-refractivity contribution in [1.82, 2.24) is 0 Å². The second-order valence-electron chi connectivity index (χ2n) is 4.22. The van der Waals surface area contributed by atoms with Crippen molar-refractivity contribution >= 4 is 23.2 Å². The van der Waals surface area contributed by atoms with Gasteiger partial charge in [-0.3, -0.25) is 0 Å². The largest absolute Gasteiger partial charge is 0.455 e. The molecular weight excluding hydrogens is 297 g/mol. The number of aliphatic hydroxyl groups is 1. The third kappa shape index (κ3) is 3.23. The summed E-state index contributed by atoms with van der Waals surface area (Å²) in [5.74, 6) is 0.802. The number of hydrogen-bond acceptors (Lipinski definition) is 3. The Hall–Kier alpha value is -1.73. The minimum atomic E-state index is -0.719. The third-order valence-electron chi connectivity index (χ3n) is 2.71. The molecule has 0 aliphatic heterocycles. The number of halogens is 2. The highest BCUT2D eigenvalue weighted by molar-refractivity contribution is 6.35. The Balaban J connectivity index is 2.43. The zero-order valence-corrected chi connectivity index (χ0v) is 12.1. The molecule has 0 aromatic heterocycles. The van der Waals surface area contributed by atoms with Gasteiger partial charge in [0.2, 0.25) is 0 Å². The molecule has 2 rings (SSSR count). The number of hydrogen-bond donors (Lipinski definition) is 1. The predicted molar refractivity (Wildman–Crippen MR) is 78.3 cm³/mol. The molecule has 1 N–H and O–H groups in total. The number of nitriles is 1. The molecule has 0 bridgehead atoms. The number of benzene rings is 2. The van der Waals surface area contributed by atoms with E-state index >= 15 is 0 Å². The van der Waals surface area contributed by atoms with Crippen LogP contribution in [0.3, 0.4) is 0 Å². The number of aliphatic hydroxyl groups excluding tert-OH is 1. The highest BCUT2D eigenvalue weighted by atomic mass is 35.5. The Bertz CT molecular complexity index is 678. The number of ether oxygens (including phenoxy) is 1. The van der Waals surface area contributed by atoms with E-state index in [4.69, 9.17) is 33.2 Å². The fourth-order valence-corrected chi connectivity index (χ4v) is 2.16. The van der Waals surface area contributed by atoms with Gasteiger partial charge in [-0.2, -0.15) is 5.26 Å². The van der Waals surface area contributed by atoms with Gasteiger partial charge in [0, 0.05) is 10.6 Å². The number of rotatable bonds is 3. The van der Waals surface area contributed by atoms with Crippen molar-refractivity contribution in [3.63, 3.8) is 0 Å². The molecule has 0 saturated carbocycles. The lowest BCUT2D eigenvalue weighted by Crippen LogP contribution is -1.97. The maximum absolute atomic E-state index is 9.74. The van der Waals surface area contributed by atoms with E-state index in [0.717, 1.165) is 0 Å². The lowest BCUT2D eigenvalue weighted by Gasteiger charge is -2.14. The Morgan fingerprint density at radius 3 is 2.50 bits per heavy atom. The normalized spacial score (nSPS) is 11.8. The van der Waals surface area contributed by atoms with E-state index in [1.807, 2.05) is 6.07 Å². The number of nitrogens with zero attached hydrogens (tertiary/aromatic N) is 1. The van der Waals surface area contributed by atoms with Gasteiger partial charge in [-0.15, -0.1) is 0 Å². The Morgan fingerprint density at radius 2 is 1.90 bits per heavy atom. The maximum atomic E-state index is 9.74. The van der Waals surface area contributed by atoms with Crippen molar-refractivity contribution < 1.29 is 9.84 Å². The van der Waals surface area contributed by atoms with E-state index in [9.17, 15) is 5.11 Å². The molecule has 3 nitrogen and oxygen atoms in total. The smallest absolute Gasteiger partial charge is 0.146 e. The van der Waals surface area contributed by atoms with Gasteiger partial charge in [0.05, 0.1) is 22.8 Å². The summed E-state index contributed by atoms with van der Waals surface area (Å²) in [7, 11) is 0. The van der Waals surface area contributed by atoms with Crippen molar-refractivity contribution in [2.45, 2.75) is 13.0 Å². The molecule has 0 unspecified atom stereocenters. The van der Waals surface area contributed by atoms with E-state index in [1.165, 1.54) is 0 Å². The van der Waals surface area contributed by atoms with Crippen molar-refractivity contribution in [3.05, 3.63) is 57.6 Å². The van der Waals surface area contributed by atoms with E-state index in [2.05, 4.69) is 0 Å². The van der Waals surface area contributed by atoms with E-state index in [-0.39, 0.29) is 0 Å². The van der Waals surface area contributed by atoms with Crippen LogP contribution in [0.1, 0.15) is 24.2 Å². The molecule has 1 atom stereocenters. The Kier molecular flexibility index (Phi) is 4.51. The van der Waals surface area contributed by atoms with Crippen LogP contribution >= 0.6 is 23.2 Å². The van der Waals surface area contributed by atoms with E-state index in [0.29, 0.717) is 32.7 Å². The molecule has 0 heterocycles. The van der Waals surface area contributed by atoms with Crippen molar-refractivity contribution in [2.75, 3.05) is 0 Å². The molecule has 0 aliphatic rings. The first-order chi connectivity index (χ1) is 9.51. The molecule has 0 amide bonds. The standard InChI is InChI=1S/C15H11Cl2NO2/c1-9(19)12-4-2-10(8-18)6-15(12)20-14-5-3-11(16)7-13(14)17/h2-7,9,19H,1H3/t9-/m0/s1. The van der Waals surface area contributed by atoms with Gasteiger partial charge in [-0.25, -0.2) is 0 Å². The third-order valence-corrected chi connectivity index (χ3v) is 3.24. The quantitative estimate of drug-likeness (QED) is 0.893. The van der Waals surface area contributed by atoms with Crippen LogP contribution in [0.25, 0.3) is 0 Å². The first kappa shape index (κ1) is 14.7. The fraction of sp³-hybridized carbons (Fsp3) is 0.133. The summed E-state index contributed by atoms with van der Waals surface area (Å²) in [5, 5.41) is 19.5. The highest BCUT2D eigenvalue weighted by Gasteiger charge is 2.13. The van der Waals surface area contributed by atoms with E-state index < -0.39 is 6.10 Å². The predicted octanol–water partition coefficient (Wildman–Crippen LogP) is 4.71. The van der Waals surface area contributed by atoms with Gasteiger partial charge in [0.1, 0.15) is 11.5 Å². The minimum absolute atomic E-state index is 0.358. The molecule has 20 heavy (non-hydrogen) atoms. The molecular formula is C15H11Cl2NO2. The van der Waals surface area contributed by atoms with Gasteiger partial charge in [0.15, 0.2) is 0 Å². The van der Waals surface area contributed by atoms with Gasteiger partial charge < -0.3 is 9.84 Å². The van der Waals surface area contributed by atoms with Crippen LogP contribution in [0.2, 0.25) is 10.0 Å². The average Bonchev–Trinajstić information content (AvgIpc) is 2.41. The Labute approximate surface area is 126 Å². The van der Waals surface area contributed by atoms with Crippen LogP contribution in [0.15, 0.2) is 36.4 Å². The zero-order valence-electron chi connectivity index (χ0n) is 10.6. The van der Waals surface area contributed by atoms with Crippen molar-refractivity contribution in [2.24, 2.45) is 0 Å². The summed E-state index contributed by atoms with van der Waals surface area (Å²) < 4.78 is 5.70. The van der Waals surface area contributed by atoms with Gasteiger partial charge >= 0.3 is 0 Å². The summed E-state index contributed by atoms with van der Waals surface area (Å²) in [6, 6.07) is 11.7. The fourth-order valence-electron chi connectivity index (χ4n) is 1.71. The van der Waals surface area contributed by atoms with Crippen LogP contribution in [-0.2, 0) is 0 Å². The lowest BCUT2D eigenvalue weighted by atomic mass is 10.1. The first-order valence-corrected chi connectivity index (χ1v) is 6.62. The second kappa shape index (κ2) is 6.15. The molecule has 0 spiro atoms. The van der Waals surface area contributed by atoms with Crippen LogP contribution in [0.4, 0.5) is 0 Å². The Morgan fingerprint density at radius 1 is 1.15 bits per heavy atom. The molecule has 5 heteroatoms. The molecule has 2 aromatic rings. The molecule has 0 radical (unpaired) electrons. The summed E-state index contributed by atoms with van der Waals surface area (Å²) in [5.41, 5.74) is 1.02. The highest BCUT2D eigenvalue weighted by Crippen LogP contribution is 2.35. The molecule has 0 fully saturated rings. The van der Waals surface area contributed by atoms with Crippen molar-refractivity contribution in [1.29, 1.82) is 5.26 Å². The van der Waals surface area contributed by atoms with Crippen LogP contribution < -0.4 is 4.74 Å². The summed E-state index contributed by atoms with van der Waals surface area (Å²) in [6.45, 7) is 1.62. The van der Waals surface area contributed by atoms with Crippen molar-refractivity contribution in [3.8, 4) is 17.6 Å². The van der Waals surface area contributed by atoms with Crippen LogP contribution in [-0.4, -0.2) is 5.11 Å². The first-order valence-electron chi connectivity index (χ1n) is 5.86. The molecule has 0 aliphatic carbocycles. The lowest BCUT2D eigenvalue weighted by molar-refractivity contribution is 0.195. The van der Waals surface area contributed by atoms with Gasteiger partial charge in [-0.1, -0.05) is 29.3 Å².